The fraction of sp³-hybridized carbons (Fsp3) is 0.564. The van der Waals surface area contributed by atoms with Crippen LogP contribution in [0.15, 0.2) is 42.6 Å². The van der Waals surface area contributed by atoms with Crippen LogP contribution < -0.4 is 31.9 Å². The highest BCUT2D eigenvalue weighted by molar-refractivity contribution is 6.31. The summed E-state index contributed by atoms with van der Waals surface area (Å²) >= 11 is 6.12. The number of nitrogens with one attached hydrogen (secondary N) is 6. The Morgan fingerprint density at radius 2 is 1.59 bits per heavy atom. The molecule has 3 fully saturated rings. The summed E-state index contributed by atoms with van der Waals surface area (Å²) in [7, 11) is 1.65. The molecule has 1 aliphatic carbocycles. The minimum absolute atomic E-state index is 0.0176. The van der Waals surface area contributed by atoms with E-state index in [2.05, 4.69) is 31.9 Å². The molecule has 3 aliphatic rings. The smallest absolute Gasteiger partial charge is 0.268 e. The van der Waals surface area contributed by atoms with Crippen molar-refractivity contribution in [3.63, 3.8) is 0 Å². The summed E-state index contributed by atoms with van der Waals surface area (Å²) in [5.41, 5.74) is 0.928. The summed E-state index contributed by atoms with van der Waals surface area (Å²) in [5.74, 6) is -5.05. The Labute approximate surface area is 331 Å². The summed E-state index contributed by atoms with van der Waals surface area (Å²) in [6.45, 7) is 6.45. The maximum absolute atomic E-state index is 14.7. The van der Waals surface area contributed by atoms with Crippen LogP contribution in [0.4, 0.5) is 0 Å². The zero-order chi connectivity index (χ0) is 40.8. The highest BCUT2D eigenvalue weighted by Gasteiger charge is 2.45. The Hall–Kier alpha value is -4.96. The number of hydrogen-bond donors (Lipinski definition) is 7. The molecule has 304 valence electrons. The summed E-state index contributed by atoms with van der Waals surface area (Å²) < 4.78 is 1.55. The summed E-state index contributed by atoms with van der Waals surface area (Å²) in [5, 5.41) is 27.8. The van der Waals surface area contributed by atoms with Crippen LogP contribution in [-0.4, -0.2) is 111 Å². The van der Waals surface area contributed by atoms with Gasteiger partial charge in [-0.15, -0.1) is 0 Å². The lowest BCUT2D eigenvalue weighted by molar-refractivity contribution is -0.143. The fourth-order valence-electron chi connectivity index (χ4n) is 7.72. The predicted molar refractivity (Wildman–Crippen MR) is 206 cm³/mol. The van der Waals surface area contributed by atoms with Crippen LogP contribution in [0.1, 0.15) is 75.9 Å². The quantitative estimate of drug-likeness (QED) is 0.206. The second-order valence-corrected chi connectivity index (χ2v) is 16.1. The summed E-state index contributed by atoms with van der Waals surface area (Å²) in [6, 6.07) is 2.91. The van der Waals surface area contributed by atoms with Crippen LogP contribution in [-0.2, 0) is 42.2 Å². The molecule has 1 saturated carbocycles. The third-order valence-corrected chi connectivity index (χ3v) is 10.9. The minimum atomic E-state index is -1.52. The van der Waals surface area contributed by atoms with Gasteiger partial charge in [0.15, 0.2) is 0 Å². The minimum Gasteiger partial charge on any atom is -0.391 e. The molecule has 7 N–H and O–H groups in total. The molecule has 1 aromatic heterocycles. The van der Waals surface area contributed by atoms with E-state index in [-0.39, 0.29) is 37.4 Å². The molecule has 9 atom stereocenters. The second-order valence-electron chi connectivity index (χ2n) is 15.6. The number of fused-ring (bicyclic) bond motifs is 2. The maximum Gasteiger partial charge on any atom is 0.268 e. The average Bonchev–Trinajstić information content (AvgIpc) is 3.87. The lowest BCUT2D eigenvalue weighted by atomic mass is 9.98. The first-order valence-corrected chi connectivity index (χ1v) is 19.6. The normalized spacial score (nSPS) is 28.8. The van der Waals surface area contributed by atoms with E-state index in [4.69, 9.17) is 11.6 Å². The Bertz CT molecular complexity index is 1800. The van der Waals surface area contributed by atoms with Gasteiger partial charge in [-0.2, -0.15) is 0 Å². The maximum atomic E-state index is 14.7. The van der Waals surface area contributed by atoms with Crippen molar-refractivity contribution in [2.45, 2.75) is 115 Å². The highest BCUT2D eigenvalue weighted by atomic mass is 35.5. The van der Waals surface area contributed by atoms with Gasteiger partial charge in [0.05, 0.1) is 17.0 Å². The van der Waals surface area contributed by atoms with Crippen LogP contribution in [0, 0.1) is 11.8 Å². The molecule has 1 aromatic carbocycles. The number of rotatable bonds is 7. The molecule has 2 aliphatic heterocycles. The number of aromatic nitrogens is 1. The van der Waals surface area contributed by atoms with Crippen molar-refractivity contribution >= 4 is 53.0 Å². The van der Waals surface area contributed by atoms with Crippen LogP contribution in [0.5, 0.6) is 0 Å². The predicted octanol–water partition coefficient (Wildman–Crippen LogP) is 0.305. The van der Waals surface area contributed by atoms with E-state index >= 15 is 0 Å². The van der Waals surface area contributed by atoms with Crippen LogP contribution in [0.25, 0.3) is 0 Å². The van der Waals surface area contributed by atoms with Crippen molar-refractivity contribution in [3.8, 4) is 0 Å². The third kappa shape index (κ3) is 10.3. The Morgan fingerprint density at radius 3 is 2.23 bits per heavy atom. The van der Waals surface area contributed by atoms with Gasteiger partial charge in [-0.1, -0.05) is 62.2 Å². The molecule has 7 amide bonds. The zero-order valence-corrected chi connectivity index (χ0v) is 33.1. The number of aliphatic hydroxyl groups is 1. The van der Waals surface area contributed by atoms with E-state index in [1.165, 1.54) is 24.8 Å². The van der Waals surface area contributed by atoms with Crippen molar-refractivity contribution in [1.82, 2.24) is 41.4 Å². The van der Waals surface area contributed by atoms with Crippen molar-refractivity contribution < 1.29 is 38.7 Å². The summed E-state index contributed by atoms with van der Waals surface area (Å²) in [4.78, 5) is 98.3. The lowest BCUT2D eigenvalue weighted by Gasteiger charge is -2.31. The number of carbonyl (C=O) groups excluding carboxylic acids is 7. The number of halogens is 1. The Balaban J connectivity index is 1.52. The van der Waals surface area contributed by atoms with E-state index in [0.29, 0.717) is 29.8 Å². The lowest BCUT2D eigenvalue weighted by Crippen LogP contribution is -2.61. The molecule has 2 aromatic rings. The van der Waals surface area contributed by atoms with Gasteiger partial charge in [-0.3, -0.25) is 33.6 Å². The highest BCUT2D eigenvalue weighted by Crippen LogP contribution is 2.27. The number of hydrogen-bond acceptors (Lipinski definition) is 8. The number of carbonyl (C=O) groups is 7. The van der Waals surface area contributed by atoms with Gasteiger partial charge in [0, 0.05) is 38.3 Å². The molecule has 5 rings (SSSR count). The first-order valence-electron chi connectivity index (χ1n) is 19.2. The van der Waals surface area contributed by atoms with E-state index in [0.717, 1.165) is 0 Å². The molecule has 2 saturated heterocycles. The van der Waals surface area contributed by atoms with Crippen LogP contribution >= 0.6 is 11.6 Å². The monoisotopic (exact) mass is 796 g/mol. The largest absolute Gasteiger partial charge is 0.391 e. The molecule has 3 heterocycles. The molecule has 16 nitrogen and oxygen atoms in total. The molecule has 0 bridgehead atoms. The third-order valence-electron chi connectivity index (χ3n) is 10.7. The van der Waals surface area contributed by atoms with Crippen LogP contribution in [0.2, 0.25) is 5.02 Å². The molecule has 1 unspecified atom stereocenters. The van der Waals surface area contributed by atoms with Gasteiger partial charge < -0.3 is 46.5 Å². The van der Waals surface area contributed by atoms with Crippen molar-refractivity contribution in [3.05, 3.63) is 58.9 Å². The first-order chi connectivity index (χ1) is 26.5. The van der Waals surface area contributed by atoms with E-state index < -0.39 is 95.7 Å². The van der Waals surface area contributed by atoms with Gasteiger partial charge in [-0.25, -0.2) is 0 Å². The standard InChI is InChI=1S/C39H53ClN8O8/c1-20(2)14-28-35(52)46-32(22(4)49)38(55)45-29(15-23-10-7-6-8-11-23)39(56)48-19-25(42-36(53)30-16-24(40)18-47(30)5)17-31(48)37(54)41-21(3)33(50)43-27-13-9-12-26(27)34(51)44-28/h6-8,10-11,16,18,20-22,25-29,31-32,49H,9,12-15,17,19H2,1-5H3,(H,41,54)(H,42,53)(H,43,50)(H,44,51)(H,45,55)(H,46,52)/t21-,22+,25+,26+,27+,28-,29-,31?,32-/m0/s1. The van der Waals surface area contributed by atoms with E-state index in [1.54, 1.807) is 48.1 Å². The molecular formula is C39H53ClN8O8. The van der Waals surface area contributed by atoms with Crippen LogP contribution in [0.3, 0.4) is 0 Å². The van der Waals surface area contributed by atoms with Gasteiger partial charge in [0.25, 0.3) is 5.91 Å². The average molecular weight is 797 g/mol. The molecule has 56 heavy (non-hydrogen) atoms. The number of nitrogens with zero attached hydrogens (tertiary/aromatic N) is 2. The number of benzene rings is 1. The first kappa shape index (κ1) is 42.2. The van der Waals surface area contributed by atoms with Gasteiger partial charge in [0.2, 0.25) is 35.4 Å². The van der Waals surface area contributed by atoms with E-state index in [1.807, 2.05) is 13.8 Å². The second kappa shape index (κ2) is 18.3. The zero-order valence-electron chi connectivity index (χ0n) is 32.3. The van der Waals surface area contributed by atoms with Gasteiger partial charge in [0.1, 0.15) is 35.9 Å². The molecule has 0 radical (unpaired) electrons. The van der Waals surface area contributed by atoms with E-state index in [9.17, 15) is 38.7 Å². The number of aliphatic hydroxyl groups excluding tert-OH is 1. The van der Waals surface area contributed by atoms with Crippen molar-refractivity contribution in [2.24, 2.45) is 18.9 Å². The van der Waals surface area contributed by atoms with Crippen molar-refractivity contribution in [1.29, 1.82) is 0 Å². The SMILES string of the molecule is CC(C)C[C@@H]1NC(=O)[C@@H]2CCC[C@H]2NC(=O)[C@H](C)NC(=O)C2C[C@@H](NC(=O)c3cc(Cl)cn3C)CN2C(=O)[C@H](Cc2ccccc2)NC(=O)[C@H]([C@@H](C)O)NC1=O. The topological polar surface area (TPSA) is 220 Å². The molecular weight excluding hydrogens is 744 g/mol. The molecule has 17 heteroatoms. The Kier molecular flexibility index (Phi) is 13.8. The Morgan fingerprint density at radius 1 is 0.893 bits per heavy atom. The number of aryl methyl sites for hydroxylation is 1. The van der Waals surface area contributed by atoms with Crippen molar-refractivity contribution in [2.75, 3.05) is 6.54 Å². The summed E-state index contributed by atoms with van der Waals surface area (Å²) in [6.07, 6.45) is 1.92. The fourth-order valence-corrected chi connectivity index (χ4v) is 7.97. The van der Waals surface area contributed by atoms with Gasteiger partial charge in [-0.05, 0) is 57.1 Å². The van der Waals surface area contributed by atoms with Gasteiger partial charge >= 0.3 is 0 Å². The number of amides is 7. The molecule has 0 spiro atoms.